The Morgan fingerprint density at radius 1 is 1.03 bits per heavy atom. The zero-order valence-corrected chi connectivity index (χ0v) is 18.4. The predicted molar refractivity (Wildman–Crippen MR) is 115 cm³/mol. The van der Waals surface area contributed by atoms with Gasteiger partial charge >= 0.3 is 0 Å². The summed E-state index contributed by atoms with van der Waals surface area (Å²) < 4.78 is 27.3. The van der Waals surface area contributed by atoms with Gasteiger partial charge in [0.2, 0.25) is 15.9 Å². The van der Waals surface area contributed by atoms with Crippen LogP contribution in [0, 0.1) is 12.8 Å². The molecule has 1 aromatic rings. The molecule has 0 saturated carbocycles. The minimum absolute atomic E-state index is 0.00956. The van der Waals surface area contributed by atoms with E-state index in [4.69, 9.17) is 0 Å². The van der Waals surface area contributed by atoms with E-state index in [1.165, 1.54) is 43.1 Å². The molecule has 1 unspecified atom stereocenters. The Balaban J connectivity index is 1.47. The molecule has 6 nitrogen and oxygen atoms in total. The normalized spacial score (nSPS) is 22.2. The lowest BCUT2D eigenvalue weighted by Crippen LogP contribution is -2.45. The third-order valence-corrected chi connectivity index (χ3v) is 7.94. The van der Waals surface area contributed by atoms with Crippen molar-refractivity contribution < 1.29 is 13.2 Å². The molecule has 2 saturated heterocycles. The summed E-state index contributed by atoms with van der Waals surface area (Å²) in [6, 6.07) is 6.92. The minimum atomic E-state index is -3.54. The van der Waals surface area contributed by atoms with Crippen molar-refractivity contribution in [2.75, 3.05) is 39.3 Å². The molecule has 7 heteroatoms. The van der Waals surface area contributed by atoms with E-state index in [1.54, 1.807) is 12.1 Å². The molecule has 0 bridgehead atoms. The summed E-state index contributed by atoms with van der Waals surface area (Å²) in [7, 11) is -3.54. The Morgan fingerprint density at radius 3 is 2.41 bits per heavy atom. The molecule has 29 heavy (non-hydrogen) atoms. The maximum atomic E-state index is 12.9. The van der Waals surface area contributed by atoms with Gasteiger partial charge in [-0.05, 0) is 70.8 Å². The molecule has 0 spiro atoms. The average molecular weight is 422 g/mol. The lowest BCUT2D eigenvalue weighted by atomic mass is 9.99. The van der Waals surface area contributed by atoms with E-state index in [0.29, 0.717) is 18.0 Å². The number of sulfonamides is 1. The second-order valence-corrected chi connectivity index (χ2v) is 10.4. The number of likely N-dealkylation sites (tertiary alicyclic amines) is 1. The van der Waals surface area contributed by atoms with Crippen molar-refractivity contribution in [2.45, 2.75) is 56.8 Å². The number of benzene rings is 1. The number of nitrogens with one attached hydrogen (secondary N) is 1. The van der Waals surface area contributed by atoms with Crippen molar-refractivity contribution in [3.8, 4) is 0 Å². The van der Waals surface area contributed by atoms with Gasteiger partial charge in [-0.1, -0.05) is 30.5 Å². The molecule has 1 amide bonds. The van der Waals surface area contributed by atoms with E-state index in [9.17, 15) is 13.2 Å². The van der Waals surface area contributed by atoms with Gasteiger partial charge in [-0.15, -0.1) is 0 Å². The van der Waals surface area contributed by atoms with Gasteiger partial charge in [-0.2, -0.15) is 4.31 Å². The molecule has 0 radical (unpaired) electrons. The van der Waals surface area contributed by atoms with Crippen LogP contribution in [0.4, 0.5) is 0 Å². The topological polar surface area (TPSA) is 69.7 Å². The first-order valence-corrected chi connectivity index (χ1v) is 12.5. The number of hydrogen-bond donors (Lipinski definition) is 1. The Kier molecular flexibility index (Phi) is 8.09. The molecule has 2 aliphatic rings. The summed E-state index contributed by atoms with van der Waals surface area (Å²) in [5, 5.41) is 3.04. The summed E-state index contributed by atoms with van der Waals surface area (Å²) in [4.78, 5) is 15.4. The number of piperidine rings is 1. The van der Waals surface area contributed by atoms with Crippen LogP contribution in [0.3, 0.4) is 0 Å². The number of rotatable bonds is 7. The fourth-order valence-corrected chi connectivity index (χ4v) is 5.78. The average Bonchev–Trinajstić information content (AvgIpc) is 3.00. The lowest BCUT2D eigenvalue weighted by molar-refractivity contribution is -0.126. The molecular weight excluding hydrogens is 386 g/mol. The van der Waals surface area contributed by atoms with E-state index >= 15 is 0 Å². The van der Waals surface area contributed by atoms with Crippen LogP contribution >= 0.6 is 0 Å². The summed E-state index contributed by atoms with van der Waals surface area (Å²) in [5.74, 6) is -0.271. The highest BCUT2D eigenvalue weighted by atomic mass is 32.2. The summed E-state index contributed by atoms with van der Waals surface area (Å²) in [6.07, 6.45) is 7.63. The SMILES string of the molecule is Cc1ccc(S(=O)(=O)N2CCCC(C(=O)NCCCN3CCCCCC3)C2)cc1. The van der Waals surface area contributed by atoms with Gasteiger partial charge in [0.15, 0.2) is 0 Å². The summed E-state index contributed by atoms with van der Waals surface area (Å²) in [6.45, 7) is 6.72. The molecule has 3 rings (SSSR count). The number of aryl methyl sites for hydroxylation is 1. The predicted octanol–water partition coefficient (Wildman–Crippen LogP) is 2.78. The van der Waals surface area contributed by atoms with Crippen molar-refractivity contribution in [1.82, 2.24) is 14.5 Å². The van der Waals surface area contributed by atoms with Crippen LogP contribution in [0.25, 0.3) is 0 Å². The van der Waals surface area contributed by atoms with Crippen LogP contribution in [0.15, 0.2) is 29.2 Å². The van der Waals surface area contributed by atoms with Crippen molar-refractivity contribution in [1.29, 1.82) is 0 Å². The Hall–Kier alpha value is -1.44. The molecule has 0 aliphatic carbocycles. The highest BCUT2D eigenvalue weighted by molar-refractivity contribution is 7.89. The maximum absolute atomic E-state index is 12.9. The second-order valence-electron chi connectivity index (χ2n) is 8.42. The third kappa shape index (κ3) is 6.27. The summed E-state index contributed by atoms with van der Waals surface area (Å²) >= 11 is 0. The first-order chi connectivity index (χ1) is 14.0. The molecule has 2 aliphatic heterocycles. The van der Waals surface area contributed by atoms with Gasteiger partial charge in [0.05, 0.1) is 10.8 Å². The van der Waals surface area contributed by atoms with E-state index in [2.05, 4.69) is 10.2 Å². The second kappa shape index (κ2) is 10.5. The highest BCUT2D eigenvalue weighted by Gasteiger charge is 2.33. The van der Waals surface area contributed by atoms with Gasteiger partial charge in [-0.3, -0.25) is 4.79 Å². The molecule has 1 atom stereocenters. The van der Waals surface area contributed by atoms with Crippen molar-refractivity contribution >= 4 is 15.9 Å². The lowest BCUT2D eigenvalue weighted by Gasteiger charge is -2.31. The van der Waals surface area contributed by atoms with Gasteiger partial charge in [0, 0.05) is 19.6 Å². The maximum Gasteiger partial charge on any atom is 0.243 e. The molecule has 2 heterocycles. The van der Waals surface area contributed by atoms with Crippen molar-refractivity contribution in [3.05, 3.63) is 29.8 Å². The number of carbonyl (C=O) groups excluding carboxylic acids is 1. The van der Waals surface area contributed by atoms with E-state index < -0.39 is 10.0 Å². The van der Waals surface area contributed by atoms with E-state index in [1.807, 2.05) is 19.1 Å². The van der Waals surface area contributed by atoms with Crippen molar-refractivity contribution in [3.63, 3.8) is 0 Å². The molecular formula is C22H35N3O3S. The van der Waals surface area contributed by atoms with Crippen LogP contribution in [0.1, 0.15) is 50.5 Å². The van der Waals surface area contributed by atoms with Gasteiger partial charge < -0.3 is 10.2 Å². The van der Waals surface area contributed by atoms with Gasteiger partial charge in [0.25, 0.3) is 0 Å². The molecule has 1 N–H and O–H groups in total. The highest BCUT2D eigenvalue weighted by Crippen LogP contribution is 2.24. The molecule has 1 aromatic carbocycles. The smallest absolute Gasteiger partial charge is 0.243 e. The van der Waals surface area contributed by atoms with Crippen LogP contribution in [0.2, 0.25) is 0 Å². The Morgan fingerprint density at radius 2 is 1.72 bits per heavy atom. The van der Waals surface area contributed by atoms with Crippen LogP contribution in [-0.2, 0) is 14.8 Å². The number of hydrogen-bond acceptors (Lipinski definition) is 4. The van der Waals surface area contributed by atoms with E-state index in [0.717, 1.165) is 31.4 Å². The third-order valence-electron chi connectivity index (χ3n) is 6.06. The fraction of sp³-hybridized carbons (Fsp3) is 0.682. The summed E-state index contributed by atoms with van der Waals surface area (Å²) in [5.41, 5.74) is 1.03. The van der Waals surface area contributed by atoms with Crippen LogP contribution in [0.5, 0.6) is 0 Å². The first kappa shape index (κ1) is 22.2. The zero-order chi connectivity index (χ0) is 20.7. The van der Waals surface area contributed by atoms with Gasteiger partial charge in [-0.25, -0.2) is 8.42 Å². The molecule has 2 fully saturated rings. The van der Waals surface area contributed by atoms with Crippen molar-refractivity contribution in [2.24, 2.45) is 5.92 Å². The fourth-order valence-electron chi connectivity index (χ4n) is 4.25. The van der Waals surface area contributed by atoms with Crippen LogP contribution < -0.4 is 5.32 Å². The number of nitrogens with zero attached hydrogens (tertiary/aromatic N) is 2. The Labute approximate surface area is 175 Å². The van der Waals surface area contributed by atoms with E-state index in [-0.39, 0.29) is 18.4 Å². The molecule has 162 valence electrons. The standard InChI is InChI=1S/C22H35N3O3S/c1-19-9-11-21(12-10-19)29(27,28)25-17-6-8-20(18-25)22(26)23-13-7-16-24-14-4-2-3-5-15-24/h9-12,20H,2-8,13-18H2,1H3,(H,23,26). The molecule has 0 aromatic heterocycles. The number of amides is 1. The van der Waals surface area contributed by atoms with Crippen LogP contribution in [-0.4, -0.2) is 62.8 Å². The quantitative estimate of drug-likeness (QED) is 0.688. The minimum Gasteiger partial charge on any atom is -0.356 e. The first-order valence-electron chi connectivity index (χ1n) is 11.0. The monoisotopic (exact) mass is 421 g/mol. The zero-order valence-electron chi connectivity index (χ0n) is 17.6. The van der Waals surface area contributed by atoms with Gasteiger partial charge in [0.1, 0.15) is 0 Å². The largest absolute Gasteiger partial charge is 0.356 e. The number of carbonyl (C=O) groups is 1. The Bertz CT molecular complexity index is 756.